The van der Waals surface area contributed by atoms with Gasteiger partial charge < -0.3 is 14.8 Å². The number of esters is 1. The molecular formula is C18H19N3O4S. The largest absolute Gasteiger partial charge is 0.484 e. The predicted molar refractivity (Wildman–Crippen MR) is 102 cm³/mol. The van der Waals surface area contributed by atoms with E-state index >= 15 is 0 Å². The molecule has 0 unspecified atom stereocenters. The normalized spacial score (nSPS) is 9.73. The topological polar surface area (TPSA) is 88.7 Å². The summed E-state index contributed by atoms with van der Waals surface area (Å²) in [4.78, 5) is 23.3. The Hall–Kier alpha value is -3.13. The average Bonchev–Trinajstić information content (AvgIpc) is 2.66. The van der Waals surface area contributed by atoms with Gasteiger partial charge in [-0.1, -0.05) is 18.2 Å². The van der Waals surface area contributed by atoms with Crippen LogP contribution in [-0.2, 0) is 9.53 Å². The number of thiocarbonyl (C=S) groups is 1. The van der Waals surface area contributed by atoms with Crippen molar-refractivity contribution < 1.29 is 19.1 Å². The zero-order valence-corrected chi connectivity index (χ0v) is 15.0. The Balaban J connectivity index is 1.71. The summed E-state index contributed by atoms with van der Waals surface area (Å²) in [6.45, 7) is 1.84. The maximum Gasteiger partial charge on any atom is 0.338 e. The highest BCUT2D eigenvalue weighted by molar-refractivity contribution is 7.80. The van der Waals surface area contributed by atoms with Crippen LogP contribution in [-0.4, -0.2) is 30.2 Å². The highest BCUT2D eigenvalue weighted by atomic mass is 32.1. The maximum absolute atomic E-state index is 11.8. The minimum Gasteiger partial charge on any atom is -0.484 e. The van der Waals surface area contributed by atoms with E-state index in [1.165, 1.54) is 0 Å². The van der Waals surface area contributed by atoms with Crippen LogP contribution < -0.4 is 20.9 Å². The Bertz CT molecular complexity index is 751. The highest BCUT2D eigenvalue weighted by Gasteiger charge is 2.07. The molecule has 0 aliphatic rings. The molecule has 26 heavy (non-hydrogen) atoms. The molecule has 0 atom stereocenters. The van der Waals surface area contributed by atoms with Crippen molar-refractivity contribution in [2.45, 2.75) is 6.92 Å². The Morgan fingerprint density at radius 1 is 1.00 bits per heavy atom. The number of hydrogen-bond acceptors (Lipinski definition) is 5. The Morgan fingerprint density at radius 3 is 2.35 bits per heavy atom. The number of para-hydroxylation sites is 1. The van der Waals surface area contributed by atoms with Gasteiger partial charge >= 0.3 is 5.97 Å². The molecule has 7 nitrogen and oxygen atoms in total. The molecule has 2 rings (SSSR count). The molecule has 1 amide bonds. The van der Waals surface area contributed by atoms with Gasteiger partial charge in [-0.2, -0.15) is 0 Å². The third-order valence-electron chi connectivity index (χ3n) is 3.08. The lowest BCUT2D eigenvalue weighted by Crippen LogP contribution is -2.45. The van der Waals surface area contributed by atoms with Crippen LogP contribution in [0.2, 0.25) is 0 Å². The van der Waals surface area contributed by atoms with Crippen LogP contribution in [0.15, 0.2) is 54.6 Å². The quantitative estimate of drug-likeness (QED) is 0.407. The van der Waals surface area contributed by atoms with Crippen LogP contribution in [0.1, 0.15) is 17.3 Å². The van der Waals surface area contributed by atoms with E-state index in [-0.39, 0.29) is 11.7 Å². The van der Waals surface area contributed by atoms with Gasteiger partial charge in [0.05, 0.1) is 12.2 Å². The second-order valence-electron chi connectivity index (χ2n) is 5.03. The second kappa shape index (κ2) is 10.00. The molecule has 0 heterocycles. The van der Waals surface area contributed by atoms with E-state index in [4.69, 9.17) is 21.7 Å². The molecule has 0 aromatic heterocycles. The molecular weight excluding hydrogens is 354 g/mol. The van der Waals surface area contributed by atoms with Crippen LogP contribution in [0.5, 0.6) is 5.75 Å². The van der Waals surface area contributed by atoms with E-state index in [9.17, 15) is 9.59 Å². The molecule has 0 fully saturated rings. The van der Waals surface area contributed by atoms with Gasteiger partial charge in [-0.25, -0.2) is 4.79 Å². The van der Waals surface area contributed by atoms with E-state index in [1.807, 2.05) is 30.3 Å². The van der Waals surface area contributed by atoms with Crippen LogP contribution in [0.3, 0.4) is 0 Å². The van der Waals surface area contributed by atoms with E-state index in [0.29, 0.717) is 17.9 Å². The number of anilines is 1. The summed E-state index contributed by atoms with van der Waals surface area (Å²) in [5.74, 6) is -0.352. The fourth-order valence-corrected chi connectivity index (χ4v) is 2.07. The van der Waals surface area contributed by atoms with Crippen LogP contribution in [0.25, 0.3) is 0 Å². The molecule has 2 aromatic carbocycles. The lowest BCUT2D eigenvalue weighted by atomic mass is 10.2. The van der Waals surface area contributed by atoms with Gasteiger partial charge in [-0.15, -0.1) is 0 Å². The number of ether oxygens (including phenoxy) is 2. The fraction of sp³-hybridized carbons (Fsp3) is 0.167. The summed E-state index contributed by atoms with van der Waals surface area (Å²) >= 11 is 5.07. The standard InChI is InChI=1S/C18H19N3O4S/c1-2-24-17(23)13-8-10-15(11-9-13)25-12-16(22)20-21-18(26)19-14-6-4-3-5-7-14/h3-11H,2,12H2,1H3,(H,20,22)(H2,19,21,26). The first-order valence-electron chi connectivity index (χ1n) is 7.89. The number of carbonyl (C=O) groups excluding carboxylic acids is 2. The van der Waals surface area contributed by atoms with E-state index in [0.717, 1.165) is 5.69 Å². The molecule has 0 spiro atoms. The summed E-state index contributed by atoms with van der Waals surface area (Å²) in [6, 6.07) is 15.6. The van der Waals surface area contributed by atoms with Gasteiger partial charge in [0.25, 0.3) is 5.91 Å². The van der Waals surface area contributed by atoms with Crippen molar-refractivity contribution >= 4 is 34.9 Å². The molecule has 8 heteroatoms. The molecule has 0 bridgehead atoms. The van der Waals surface area contributed by atoms with E-state index < -0.39 is 11.9 Å². The summed E-state index contributed by atoms with van der Waals surface area (Å²) < 4.78 is 10.2. The van der Waals surface area contributed by atoms with Crippen LogP contribution >= 0.6 is 12.2 Å². The first kappa shape index (κ1) is 19.2. The molecule has 0 saturated carbocycles. The van der Waals surface area contributed by atoms with Crippen molar-refractivity contribution in [3.05, 3.63) is 60.2 Å². The number of carbonyl (C=O) groups is 2. The first-order valence-corrected chi connectivity index (χ1v) is 8.30. The van der Waals surface area contributed by atoms with Gasteiger partial charge in [0.2, 0.25) is 0 Å². The van der Waals surface area contributed by atoms with Gasteiger partial charge in [0.1, 0.15) is 5.75 Å². The average molecular weight is 373 g/mol. The molecule has 3 N–H and O–H groups in total. The monoisotopic (exact) mass is 373 g/mol. The number of amides is 1. The smallest absolute Gasteiger partial charge is 0.338 e. The molecule has 2 aromatic rings. The summed E-state index contributed by atoms with van der Waals surface area (Å²) in [6.07, 6.45) is 0. The number of hydrogen-bond donors (Lipinski definition) is 3. The Morgan fingerprint density at radius 2 is 1.69 bits per heavy atom. The van der Waals surface area contributed by atoms with E-state index in [2.05, 4.69) is 16.2 Å². The van der Waals surface area contributed by atoms with Crippen molar-refractivity contribution in [1.29, 1.82) is 0 Å². The van der Waals surface area contributed by atoms with Crippen molar-refractivity contribution in [1.82, 2.24) is 10.9 Å². The fourth-order valence-electron chi connectivity index (χ4n) is 1.90. The lowest BCUT2D eigenvalue weighted by molar-refractivity contribution is -0.123. The minimum absolute atomic E-state index is 0.209. The van der Waals surface area contributed by atoms with Gasteiger partial charge in [0, 0.05) is 5.69 Å². The highest BCUT2D eigenvalue weighted by Crippen LogP contribution is 2.12. The number of nitrogens with one attached hydrogen (secondary N) is 3. The minimum atomic E-state index is -0.406. The van der Waals surface area contributed by atoms with Gasteiger partial charge in [0.15, 0.2) is 11.7 Å². The maximum atomic E-state index is 11.8. The summed E-state index contributed by atoms with van der Waals surface area (Å²) in [5, 5.41) is 3.17. The lowest BCUT2D eigenvalue weighted by Gasteiger charge is -2.12. The summed E-state index contributed by atoms with van der Waals surface area (Å²) in [5.41, 5.74) is 6.23. The van der Waals surface area contributed by atoms with Crippen molar-refractivity contribution in [3.63, 3.8) is 0 Å². The molecule has 0 saturated heterocycles. The zero-order chi connectivity index (χ0) is 18.8. The third-order valence-corrected chi connectivity index (χ3v) is 3.29. The Labute approximate surface area is 156 Å². The summed E-state index contributed by atoms with van der Waals surface area (Å²) in [7, 11) is 0. The van der Waals surface area contributed by atoms with Crippen molar-refractivity contribution in [2.75, 3.05) is 18.5 Å². The molecule has 0 radical (unpaired) electrons. The molecule has 136 valence electrons. The predicted octanol–water partition coefficient (Wildman–Crippen LogP) is 2.26. The van der Waals surface area contributed by atoms with Crippen LogP contribution in [0, 0.1) is 0 Å². The van der Waals surface area contributed by atoms with Crippen LogP contribution in [0.4, 0.5) is 5.69 Å². The molecule has 0 aliphatic heterocycles. The SMILES string of the molecule is CCOC(=O)c1ccc(OCC(=O)NNC(=S)Nc2ccccc2)cc1. The number of benzene rings is 2. The van der Waals surface area contributed by atoms with Gasteiger partial charge in [-0.3, -0.25) is 15.6 Å². The first-order chi connectivity index (χ1) is 12.6. The Kier molecular flexibility index (Phi) is 7.38. The number of hydrazine groups is 1. The van der Waals surface area contributed by atoms with Crippen molar-refractivity contribution in [3.8, 4) is 5.75 Å². The zero-order valence-electron chi connectivity index (χ0n) is 14.2. The second-order valence-corrected chi connectivity index (χ2v) is 5.44. The number of rotatable bonds is 6. The third kappa shape index (κ3) is 6.40. The van der Waals surface area contributed by atoms with Crippen molar-refractivity contribution in [2.24, 2.45) is 0 Å². The molecule has 0 aliphatic carbocycles. The van der Waals surface area contributed by atoms with Gasteiger partial charge in [-0.05, 0) is 55.5 Å². The van der Waals surface area contributed by atoms with E-state index in [1.54, 1.807) is 31.2 Å².